The molecule has 31 heavy (non-hydrogen) atoms. The predicted octanol–water partition coefficient (Wildman–Crippen LogP) is 8.02. The fraction of sp³-hybridized carbons (Fsp3) is 0.933. The van der Waals surface area contributed by atoms with Gasteiger partial charge in [-0.05, 0) is 128 Å². The maximum Gasteiger partial charge on any atom is 0.0594 e. The van der Waals surface area contributed by atoms with E-state index in [4.69, 9.17) is 0 Å². The molecule has 0 aromatic rings. The van der Waals surface area contributed by atoms with Crippen LogP contribution in [0.25, 0.3) is 0 Å². The molecule has 5 fully saturated rings. The molecule has 0 aromatic heterocycles. The van der Waals surface area contributed by atoms with E-state index < -0.39 is 0 Å². The van der Waals surface area contributed by atoms with E-state index in [1.807, 2.05) is 0 Å². The summed E-state index contributed by atoms with van der Waals surface area (Å²) in [6.45, 7) is 22.3. The van der Waals surface area contributed by atoms with Gasteiger partial charge < -0.3 is 5.11 Å². The van der Waals surface area contributed by atoms with Gasteiger partial charge in [-0.15, -0.1) is 0 Å². The molecule has 176 valence electrons. The van der Waals surface area contributed by atoms with E-state index in [0.717, 1.165) is 30.1 Å². The molecule has 1 N–H and O–H groups in total. The maximum absolute atomic E-state index is 10.9. The molecule has 0 spiro atoms. The van der Waals surface area contributed by atoms with Gasteiger partial charge in [0.15, 0.2) is 0 Å². The minimum atomic E-state index is -0.117. The van der Waals surface area contributed by atoms with Gasteiger partial charge >= 0.3 is 0 Å². The number of allylic oxidation sites excluding steroid dienone is 1. The fourth-order valence-corrected chi connectivity index (χ4v) is 11.9. The van der Waals surface area contributed by atoms with Crippen LogP contribution in [0.1, 0.15) is 113 Å². The Morgan fingerprint density at radius 2 is 1.16 bits per heavy atom. The maximum atomic E-state index is 10.9. The second-order valence-corrected chi connectivity index (χ2v) is 14.8. The van der Waals surface area contributed by atoms with E-state index in [1.165, 1.54) is 63.4 Å². The Labute approximate surface area is 192 Å². The first-order chi connectivity index (χ1) is 14.3. The highest BCUT2D eigenvalue weighted by molar-refractivity contribution is 5.20. The lowest BCUT2D eigenvalue weighted by molar-refractivity contribution is -0.236. The molecule has 0 aromatic carbocycles. The van der Waals surface area contributed by atoms with Gasteiger partial charge in [0.1, 0.15) is 0 Å². The third kappa shape index (κ3) is 2.71. The number of aliphatic hydroxyl groups excluding tert-OH is 1. The molecule has 0 amide bonds. The van der Waals surface area contributed by atoms with Crippen LogP contribution in [0, 0.1) is 56.7 Å². The van der Waals surface area contributed by atoms with Crippen molar-refractivity contribution in [3.8, 4) is 0 Å². The van der Waals surface area contributed by atoms with Gasteiger partial charge in [0.05, 0.1) is 6.10 Å². The Balaban J connectivity index is 1.54. The van der Waals surface area contributed by atoms with Crippen molar-refractivity contribution in [1.82, 2.24) is 0 Å². The summed E-state index contributed by atoms with van der Waals surface area (Å²) in [5.74, 6) is 3.95. The van der Waals surface area contributed by atoms with Crippen molar-refractivity contribution in [3.05, 3.63) is 12.2 Å². The quantitative estimate of drug-likeness (QED) is 0.421. The topological polar surface area (TPSA) is 20.2 Å². The van der Waals surface area contributed by atoms with Crippen LogP contribution in [0.5, 0.6) is 0 Å². The van der Waals surface area contributed by atoms with Gasteiger partial charge in [0.2, 0.25) is 0 Å². The molecule has 0 saturated heterocycles. The molecule has 5 rings (SSSR count). The lowest BCUT2D eigenvalue weighted by Gasteiger charge is -2.72. The second kappa shape index (κ2) is 6.64. The van der Waals surface area contributed by atoms with Crippen LogP contribution in [0.3, 0.4) is 0 Å². The van der Waals surface area contributed by atoms with Crippen LogP contribution in [0.15, 0.2) is 12.2 Å². The predicted molar refractivity (Wildman–Crippen MR) is 131 cm³/mol. The van der Waals surface area contributed by atoms with E-state index in [1.54, 1.807) is 0 Å². The highest BCUT2D eigenvalue weighted by atomic mass is 16.3. The molecule has 5 saturated carbocycles. The zero-order valence-electron chi connectivity index (χ0n) is 21.7. The van der Waals surface area contributed by atoms with Crippen molar-refractivity contribution in [1.29, 1.82) is 0 Å². The number of hydrogen-bond donors (Lipinski definition) is 1. The van der Waals surface area contributed by atoms with E-state index >= 15 is 0 Å². The molecule has 0 aliphatic heterocycles. The van der Waals surface area contributed by atoms with Crippen LogP contribution >= 0.6 is 0 Å². The van der Waals surface area contributed by atoms with Crippen molar-refractivity contribution >= 4 is 0 Å². The van der Waals surface area contributed by atoms with Crippen LogP contribution in [0.4, 0.5) is 0 Å². The monoisotopic (exact) mass is 426 g/mol. The van der Waals surface area contributed by atoms with Gasteiger partial charge in [0.25, 0.3) is 0 Å². The Hall–Kier alpha value is -0.300. The first-order valence-electron chi connectivity index (χ1n) is 13.6. The summed E-state index contributed by atoms with van der Waals surface area (Å²) in [4.78, 5) is 0. The lowest BCUT2D eigenvalue weighted by Crippen LogP contribution is -2.65. The first kappa shape index (κ1) is 22.5. The summed E-state index contributed by atoms with van der Waals surface area (Å²) >= 11 is 0. The average Bonchev–Trinajstić information content (AvgIpc) is 3.03. The molecular weight excluding hydrogens is 376 g/mol. The first-order valence-corrected chi connectivity index (χ1v) is 13.6. The van der Waals surface area contributed by atoms with Gasteiger partial charge in [0, 0.05) is 0 Å². The van der Waals surface area contributed by atoms with Crippen molar-refractivity contribution in [2.75, 3.05) is 0 Å². The Morgan fingerprint density at radius 3 is 1.84 bits per heavy atom. The summed E-state index contributed by atoms with van der Waals surface area (Å²) in [5.41, 5.74) is 3.42. The summed E-state index contributed by atoms with van der Waals surface area (Å²) in [5, 5.41) is 10.9. The van der Waals surface area contributed by atoms with E-state index in [9.17, 15) is 5.11 Å². The Morgan fingerprint density at radius 1 is 0.677 bits per heavy atom. The molecule has 0 radical (unpaired) electrons. The molecule has 1 heteroatoms. The molecule has 10 unspecified atom stereocenters. The van der Waals surface area contributed by atoms with Crippen molar-refractivity contribution < 1.29 is 5.11 Å². The van der Waals surface area contributed by atoms with Crippen molar-refractivity contribution in [2.45, 2.75) is 119 Å². The average molecular weight is 427 g/mol. The summed E-state index contributed by atoms with van der Waals surface area (Å²) in [6, 6.07) is 0. The normalized spacial score (nSPS) is 57.9. The van der Waals surface area contributed by atoms with Gasteiger partial charge in [-0.25, -0.2) is 0 Å². The highest BCUT2D eigenvalue weighted by Crippen LogP contribution is 2.76. The largest absolute Gasteiger partial charge is 0.393 e. The molecule has 1 nitrogen and oxygen atoms in total. The van der Waals surface area contributed by atoms with E-state index in [-0.39, 0.29) is 11.5 Å². The summed E-state index contributed by atoms with van der Waals surface area (Å²) < 4.78 is 0. The Bertz CT molecular complexity index is 766. The molecule has 10 atom stereocenters. The number of fused-ring (bicyclic) bond motifs is 7. The molecule has 5 aliphatic rings. The molecular formula is C30H50O. The summed E-state index contributed by atoms with van der Waals surface area (Å²) in [6.07, 6.45) is 13.4. The third-order valence-corrected chi connectivity index (χ3v) is 13.2. The van der Waals surface area contributed by atoms with Crippen molar-refractivity contribution in [2.24, 2.45) is 56.7 Å². The fourth-order valence-electron chi connectivity index (χ4n) is 11.9. The number of rotatable bonds is 1. The van der Waals surface area contributed by atoms with Gasteiger partial charge in [-0.1, -0.05) is 53.7 Å². The van der Waals surface area contributed by atoms with Crippen LogP contribution in [-0.4, -0.2) is 11.2 Å². The standard InChI is InChI=1S/C30H50O/c1-19(2)20-9-14-27(5)15-10-23-29(7)16-11-21-26(3,4)24(31)13-18-28(21,6)22(29)12-17-30(23,8)25(20)27/h20-25,31H,1,9-18H2,2-8H3. The smallest absolute Gasteiger partial charge is 0.0594 e. The Kier molecular flexibility index (Phi) is 4.82. The van der Waals surface area contributed by atoms with Crippen LogP contribution in [-0.2, 0) is 0 Å². The SMILES string of the molecule is C=C(C)C1CCC2(C)CCC3C(C)(CCC4C5(C)CCC(O)C(C)(C)C5CCC34C)C12. The second-order valence-electron chi connectivity index (χ2n) is 14.8. The van der Waals surface area contributed by atoms with E-state index in [2.05, 4.69) is 55.0 Å². The van der Waals surface area contributed by atoms with Gasteiger partial charge in [-0.3, -0.25) is 0 Å². The van der Waals surface area contributed by atoms with Gasteiger partial charge in [-0.2, -0.15) is 0 Å². The number of hydrogen-bond acceptors (Lipinski definition) is 1. The minimum Gasteiger partial charge on any atom is -0.393 e. The number of aliphatic hydroxyl groups is 1. The zero-order chi connectivity index (χ0) is 22.6. The van der Waals surface area contributed by atoms with Crippen molar-refractivity contribution in [3.63, 3.8) is 0 Å². The molecule has 5 aliphatic carbocycles. The molecule has 0 bridgehead atoms. The summed E-state index contributed by atoms with van der Waals surface area (Å²) in [7, 11) is 0. The van der Waals surface area contributed by atoms with E-state index in [0.29, 0.717) is 27.6 Å². The van der Waals surface area contributed by atoms with Crippen LogP contribution in [0.2, 0.25) is 0 Å². The lowest BCUT2D eigenvalue weighted by atomic mass is 9.33. The minimum absolute atomic E-state index is 0.0662. The highest BCUT2D eigenvalue weighted by Gasteiger charge is 2.69. The third-order valence-electron chi connectivity index (χ3n) is 13.2. The molecule has 0 heterocycles. The zero-order valence-corrected chi connectivity index (χ0v) is 21.7. The van der Waals surface area contributed by atoms with Crippen LogP contribution < -0.4 is 0 Å².